The van der Waals surface area contributed by atoms with Gasteiger partial charge in [-0.15, -0.1) is 0 Å². The van der Waals surface area contributed by atoms with E-state index in [1.165, 1.54) is 10.5 Å². The fraction of sp³-hybridized carbons (Fsp3) is 0.765. The van der Waals surface area contributed by atoms with Crippen LogP contribution < -0.4 is 5.32 Å². The monoisotopic (exact) mass is 370 g/mol. The molecule has 1 aromatic rings. The van der Waals surface area contributed by atoms with Crippen molar-refractivity contribution in [1.82, 2.24) is 19.2 Å². The Labute approximate surface area is 150 Å². The largest absolute Gasteiger partial charge is 0.356 e. The Morgan fingerprint density at radius 2 is 1.92 bits per heavy atom. The third kappa shape index (κ3) is 5.04. The molecule has 0 spiro atoms. The Hall–Kier alpha value is -1.41. The molecule has 1 amide bonds. The topological polar surface area (TPSA) is 84.3 Å². The van der Waals surface area contributed by atoms with Crippen molar-refractivity contribution in [2.45, 2.75) is 52.0 Å². The summed E-state index contributed by atoms with van der Waals surface area (Å²) < 4.78 is 28.5. The van der Waals surface area contributed by atoms with Gasteiger partial charge >= 0.3 is 0 Å². The first-order chi connectivity index (χ1) is 11.5. The molecule has 0 saturated carbocycles. The standard InChI is InChI=1S/C17H30N4O3S/c1-13-19-15(12-20(13)5)25(23,24)21-10-6-14(7-11-21)16(22)18-9-8-17(2,3)4/h12,14H,6-11H2,1-5H3,(H,18,22). The zero-order chi connectivity index (χ0) is 18.8. The summed E-state index contributed by atoms with van der Waals surface area (Å²) in [5.74, 6) is 0.582. The summed E-state index contributed by atoms with van der Waals surface area (Å²) in [6.45, 7) is 9.57. The molecule has 2 rings (SSSR count). The lowest BCUT2D eigenvalue weighted by Gasteiger charge is -2.30. The van der Waals surface area contributed by atoms with E-state index >= 15 is 0 Å². The number of amides is 1. The van der Waals surface area contributed by atoms with Crippen LogP contribution in [0.4, 0.5) is 0 Å². The highest BCUT2D eigenvalue weighted by molar-refractivity contribution is 7.89. The molecule has 0 unspecified atom stereocenters. The minimum Gasteiger partial charge on any atom is -0.356 e. The SMILES string of the molecule is Cc1nc(S(=O)(=O)N2CCC(C(=O)NCCC(C)(C)C)CC2)cn1C. The predicted molar refractivity (Wildman–Crippen MR) is 96.5 cm³/mol. The molecular formula is C17H30N4O3S. The number of piperidine rings is 1. The molecule has 0 bridgehead atoms. The van der Waals surface area contributed by atoms with Crippen molar-refractivity contribution in [3.8, 4) is 0 Å². The van der Waals surface area contributed by atoms with Gasteiger partial charge in [0.1, 0.15) is 5.82 Å². The van der Waals surface area contributed by atoms with Crippen molar-refractivity contribution in [3.63, 3.8) is 0 Å². The molecule has 0 radical (unpaired) electrons. The lowest BCUT2D eigenvalue weighted by atomic mass is 9.92. The molecule has 1 fully saturated rings. The van der Waals surface area contributed by atoms with Crippen molar-refractivity contribution >= 4 is 15.9 Å². The van der Waals surface area contributed by atoms with E-state index in [1.54, 1.807) is 18.5 Å². The number of nitrogens with zero attached hydrogens (tertiary/aromatic N) is 3. The van der Waals surface area contributed by atoms with E-state index in [0.29, 0.717) is 38.3 Å². The van der Waals surface area contributed by atoms with E-state index < -0.39 is 10.0 Å². The van der Waals surface area contributed by atoms with Crippen LogP contribution in [0.25, 0.3) is 0 Å². The van der Waals surface area contributed by atoms with Gasteiger partial charge in [-0.05, 0) is 31.6 Å². The van der Waals surface area contributed by atoms with Crippen LogP contribution in [0.1, 0.15) is 45.9 Å². The predicted octanol–water partition coefficient (Wildman–Crippen LogP) is 1.68. The maximum absolute atomic E-state index is 12.7. The highest BCUT2D eigenvalue weighted by Gasteiger charge is 2.33. The van der Waals surface area contributed by atoms with Gasteiger partial charge in [-0.3, -0.25) is 4.79 Å². The second-order valence-electron chi connectivity index (χ2n) is 8.02. The van der Waals surface area contributed by atoms with Crippen LogP contribution in [0.3, 0.4) is 0 Å². The molecular weight excluding hydrogens is 340 g/mol. The number of nitrogens with one attached hydrogen (secondary N) is 1. The molecule has 142 valence electrons. The van der Waals surface area contributed by atoms with Crippen molar-refractivity contribution in [1.29, 1.82) is 0 Å². The van der Waals surface area contributed by atoms with E-state index in [4.69, 9.17) is 0 Å². The summed E-state index contributed by atoms with van der Waals surface area (Å²) in [7, 11) is -1.81. The molecule has 1 aromatic heterocycles. The second kappa shape index (κ2) is 7.45. The lowest BCUT2D eigenvalue weighted by Crippen LogP contribution is -2.43. The maximum atomic E-state index is 12.7. The summed E-state index contributed by atoms with van der Waals surface area (Å²) in [4.78, 5) is 16.4. The number of rotatable bonds is 5. The average molecular weight is 371 g/mol. The molecule has 8 heteroatoms. The van der Waals surface area contributed by atoms with Gasteiger partial charge in [-0.25, -0.2) is 13.4 Å². The van der Waals surface area contributed by atoms with Crippen molar-refractivity contribution in [3.05, 3.63) is 12.0 Å². The average Bonchev–Trinajstić information content (AvgIpc) is 2.86. The van der Waals surface area contributed by atoms with Crippen molar-refractivity contribution in [2.75, 3.05) is 19.6 Å². The summed E-state index contributed by atoms with van der Waals surface area (Å²) in [6, 6.07) is 0. The molecule has 2 heterocycles. The molecule has 0 aromatic carbocycles. The van der Waals surface area contributed by atoms with E-state index in [-0.39, 0.29) is 22.3 Å². The van der Waals surface area contributed by atoms with E-state index in [2.05, 4.69) is 31.1 Å². The van der Waals surface area contributed by atoms with Crippen LogP contribution in [0.15, 0.2) is 11.2 Å². The molecule has 0 aliphatic carbocycles. The number of carbonyl (C=O) groups is 1. The Morgan fingerprint density at radius 1 is 1.32 bits per heavy atom. The first kappa shape index (κ1) is 19.9. The number of aromatic nitrogens is 2. The van der Waals surface area contributed by atoms with E-state index in [1.807, 2.05) is 0 Å². The van der Waals surface area contributed by atoms with Crippen LogP contribution in [-0.2, 0) is 21.9 Å². The molecule has 1 aliphatic rings. The number of sulfonamides is 1. The molecule has 0 atom stereocenters. The normalized spacial score (nSPS) is 17.6. The third-order valence-corrected chi connectivity index (χ3v) is 6.46. The minimum atomic E-state index is -3.58. The fourth-order valence-corrected chi connectivity index (χ4v) is 4.34. The smallest absolute Gasteiger partial charge is 0.262 e. The summed E-state index contributed by atoms with van der Waals surface area (Å²) in [5, 5.41) is 3.07. The molecule has 1 N–H and O–H groups in total. The van der Waals surface area contributed by atoms with Gasteiger partial charge in [0, 0.05) is 38.8 Å². The zero-order valence-electron chi connectivity index (χ0n) is 15.9. The Kier molecular flexibility index (Phi) is 5.93. The van der Waals surface area contributed by atoms with Gasteiger partial charge in [-0.1, -0.05) is 20.8 Å². The van der Waals surface area contributed by atoms with Gasteiger partial charge in [-0.2, -0.15) is 4.31 Å². The molecule has 1 aliphatic heterocycles. The summed E-state index contributed by atoms with van der Waals surface area (Å²) in [6.07, 6.45) is 3.56. The highest BCUT2D eigenvalue weighted by atomic mass is 32.2. The van der Waals surface area contributed by atoms with Gasteiger partial charge in [0.15, 0.2) is 5.03 Å². The maximum Gasteiger partial charge on any atom is 0.262 e. The summed E-state index contributed by atoms with van der Waals surface area (Å²) in [5.41, 5.74) is 0.186. The van der Waals surface area contributed by atoms with Gasteiger partial charge < -0.3 is 9.88 Å². The molecule has 1 saturated heterocycles. The van der Waals surface area contributed by atoms with Crippen LogP contribution in [-0.4, -0.2) is 47.8 Å². The number of aryl methyl sites for hydroxylation is 2. The Balaban J connectivity index is 1.89. The number of imidazole rings is 1. The Bertz CT molecular complexity index is 691. The van der Waals surface area contributed by atoms with Gasteiger partial charge in [0.2, 0.25) is 5.91 Å². The number of hydrogen-bond acceptors (Lipinski definition) is 4. The van der Waals surface area contributed by atoms with Crippen molar-refractivity contribution in [2.24, 2.45) is 18.4 Å². The van der Waals surface area contributed by atoms with Crippen LogP contribution >= 0.6 is 0 Å². The Morgan fingerprint density at radius 3 is 2.40 bits per heavy atom. The molecule has 25 heavy (non-hydrogen) atoms. The van der Waals surface area contributed by atoms with Crippen molar-refractivity contribution < 1.29 is 13.2 Å². The first-order valence-corrected chi connectivity index (χ1v) is 10.2. The zero-order valence-corrected chi connectivity index (χ0v) is 16.7. The third-order valence-electron chi connectivity index (χ3n) is 4.69. The fourth-order valence-electron chi connectivity index (χ4n) is 2.85. The first-order valence-electron chi connectivity index (χ1n) is 8.78. The van der Waals surface area contributed by atoms with Gasteiger partial charge in [0.05, 0.1) is 0 Å². The van der Waals surface area contributed by atoms with E-state index in [0.717, 1.165) is 6.42 Å². The van der Waals surface area contributed by atoms with E-state index in [9.17, 15) is 13.2 Å². The van der Waals surface area contributed by atoms with Gasteiger partial charge in [0.25, 0.3) is 10.0 Å². The lowest BCUT2D eigenvalue weighted by molar-refractivity contribution is -0.126. The number of hydrogen-bond donors (Lipinski definition) is 1. The molecule has 7 nitrogen and oxygen atoms in total. The van der Waals surface area contributed by atoms with Crippen LogP contribution in [0.2, 0.25) is 0 Å². The minimum absolute atomic E-state index is 0.0370. The second-order valence-corrected chi connectivity index (χ2v) is 9.90. The quantitative estimate of drug-likeness (QED) is 0.855. The van der Waals surface area contributed by atoms with Crippen LogP contribution in [0, 0.1) is 18.3 Å². The highest BCUT2D eigenvalue weighted by Crippen LogP contribution is 2.24. The number of carbonyl (C=O) groups excluding carboxylic acids is 1. The summed E-state index contributed by atoms with van der Waals surface area (Å²) >= 11 is 0. The van der Waals surface area contributed by atoms with Crippen LogP contribution in [0.5, 0.6) is 0 Å².